The highest BCUT2D eigenvalue weighted by atomic mass is 16.1. The minimum Gasteiger partial charge on any atom is -0.326 e. The van der Waals surface area contributed by atoms with Gasteiger partial charge < -0.3 is 5.32 Å². The summed E-state index contributed by atoms with van der Waals surface area (Å²) in [5, 5.41) is 2.82. The third kappa shape index (κ3) is 3.61. The molecule has 114 valence electrons. The van der Waals surface area contributed by atoms with Crippen LogP contribution < -0.4 is 5.32 Å². The molecule has 0 unspecified atom stereocenters. The van der Waals surface area contributed by atoms with Crippen LogP contribution in [0.25, 0.3) is 0 Å². The maximum Gasteiger partial charge on any atom is 0.226 e. The zero-order chi connectivity index (χ0) is 16.3. The average molecular weight is 295 g/mol. The lowest BCUT2D eigenvalue weighted by molar-refractivity contribution is -0.118. The third-order valence-electron chi connectivity index (χ3n) is 3.55. The lowest BCUT2D eigenvalue weighted by Crippen LogP contribution is -2.18. The van der Waals surface area contributed by atoms with Crippen LogP contribution in [-0.4, -0.2) is 11.7 Å². The molecule has 0 heterocycles. The largest absolute Gasteiger partial charge is 0.326 e. The quantitative estimate of drug-likeness (QED) is 0.862. The van der Waals surface area contributed by atoms with Crippen molar-refractivity contribution in [1.82, 2.24) is 0 Å². The maximum absolute atomic E-state index is 12.7. The van der Waals surface area contributed by atoms with Gasteiger partial charge in [-0.3, -0.25) is 9.59 Å². The van der Waals surface area contributed by atoms with Gasteiger partial charge in [-0.15, -0.1) is 0 Å². The van der Waals surface area contributed by atoms with Gasteiger partial charge in [0.2, 0.25) is 5.91 Å². The van der Waals surface area contributed by atoms with Crippen molar-refractivity contribution in [3.63, 3.8) is 0 Å². The van der Waals surface area contributed by atoms with E-state index in [1.54, 1.807) is 24.3 Å². The van der Waals surface area contributed by atoms with Crippen LogP contribution in [0.1, 0.15) is 40.9 Å². The Morgan fingerprint density at radius 3 is 2.41 bits per heavy atom. The molecule has 2 aromatic carbocycles. The second kappa shape index (κ2) is 6.56. The molecule has 0 aliphatic carbocycles. The summed E-state index contributed by atoms with van der Waals surface area (Å²) < 4.78 is 0. The number of amides is 1. The maximum atomic E-state index is 12.7. The first-order chi connectivity index (χ1) is 10.4. The van der Waals surface area contributed by atoms with E-state index in [0.717, 1.165) is 11.1 Å². The van der Waals surface area contributed by atoms with Crippen LogP contribution in [0.5, 0.6) is 0 Å². The average Bonchev–Trinajstić information content (AvgIpc) is 2.49. The smallest absolute Gasteiger partial charge is 0.226 e. The summed E-state index contributed by atoms with van der Waals surface area (Å²) in [4.78, 5) is 24.4. The van der Waals surface area contributed by atoms with Crippen molar-refractivity contribution in [2.45, 2.75) is 27.7 Å². The second-order valence-corrected chi connectivity index (χ2v) is 5.87. The minimum atomic E-state index is -0.0987. The zero-order valence-corrected chi connectivity index (χ0v) is 13.4. The second-order valence-electron chi connectivity index (χ2n) is 5.87. The van der Waals surface area contributed by atoms with Crippen molar-refractivity contribution < 1.29 is 9.59 Å². The summed E-state index contributed by atoms with van der Waals surface area (Å²) in [6.45, 7) is 7.56. The van der Waals surface area contributed by atoms with Gasteiger partial charge in [-0.2, -0.15) is 0 Å². The van der Waals surface area contributed by atoms with Crippen molar-refractivity contribution in [1.29, 1.82) is 0 Å². The molecule has 0 saturated carbocycles. The molecule has 0 aromatic heterocycles. The molecule has 3 nitrogen and oxygen atoms in total. The summed E-state index contributed by atoms with van der Waals surface area (Å²) in [6, 6.07) is 12.9. The van der Waals surface area contributed by atoms with E-state index >= 15 is 0 Å². The van der Waals surface area contributed by atoms with E-state index in [4.69, 9.17) is 0 Å². The van der Waals surface area contributed by atoms with E-state index in [1.165, 1.54) is 0 Å². The van der Waals surface area contributed by atoms with Crippen LogP contribution in [0.3, 0.4) is 0 Å². The van der Waals surface area contributed by atoms with E-state index in [1.807, 2.05) is 45.9 Å². The Balaban J connectivity index is 2.31. The number of carbonyl (C=O) groups is 2. The van der Waals surface area contributed by atoms with Gasteiger partial charge in [-0.25, -0.2) is 0 Å². The highest BCUT2D eigenvalue weighted by Gasteiger charge is 2.13. The zero-order valence-electron chi connectivity index (χ0n) is 13.4. The SMILES string of the molecule is Cc1ccc(C)c(C(=O)c2cccc(NC(=O)C(C)C)c2)c1. The van der Waals surface area contributed by atoms with Crippen LogP contribution in [-0.2, 0) is 4.79 Å². The molecule has 1 N–H and O–H groups in total. The van der Waals surface area contributed by atoms with Gasteiger partial charge in [0.15, 0.2) is 5.78 Å². The van der Waals surface area contributed by atoms with E-state index in [2.05, 4.69) is 5.32 Å². The fourth-order valence-corrected chi connectivity index (χ4v) is 2.16. The molecule has 0 aliphatic rings. The Labute approximate surface area is 131 Å². The predicted molar refractivity (Wildman–Crippen MR) is 89.3 cm³/mol. The van der Waals surface area contributed by atoms with Crippen molar-refractivity contribution in [2.75, 3.05) is 5.32 Å². The fraction of sp³-hybridized carbons (Fsp3) is 0.263. The molecule has 0 spiro atoms. The van der Waals surface area contributed by atoms with Gasteiger partial charge >= 0.3 is 0 Å². The summed E-state index contributed by atoms with van der Waals surface area (Å²) >= 11 is 0. The molecular weight excluding hydrogens is 274 g/mol. The molecule has 0 radical (unpaired) electrons. The predicted octanol–water partition coefficient (Wildman–Crippen LogP) is 4.13. The van der Waals surface area contributed by atoms with Gasteiger partial charge in [0.05, 0.1) is 0 Å². The Morgan fingerprint density at radius 2 is 1.73 bits per heavy atom. The number of carbonyl (C=O) groups excluding carboxylic acids is 2. The summed E-state index contributed by atoms with van der Waals surface area (Å²) in [5.74, 6) is -0.184. The molecule has 0 bridgehead atoms. The number of anilines is 1. The van der Waals surface area contributed by atoms with Crippen LogP contribution >= 0.6 is 0 Å². The Bertz CT molecular complexity index is 717. The molecule has 0 saturated heterocycles. The van der Waals surface area contributed by atoms with Gasteiger partial charge in [0.25, 0.3) is 0 Å². The highest BCUT2D eigenvalue weighted by Crippen LogP contribution is 2.19. The first kappa shape index (κ1) is 16.0. The van der Waals surface area contributed by atoms with Gasteiger partial charge in [-0.05, 0) is 37.6 Å². The van der Waals surface area contributed by atoms with Crippen molar-refractivity contribution in [3.05, 3.63) is 64.7 Å². The standard InChI is InChI=1S/C19H21NO2/c1-12(2)19(22)20-16-7-5-6-15(11-16)18(21)17-10-13(3)8-9-14(17)4/h5-12H,1-4H3,(H,20,22). The van der Waals surface area contributed by atoms with E-state index < -0.39 is 0 Å². The molecule has 0 fully saturated rings. The summed E-state index contributed by atoms with van der Waals surface area (Å²) in [5.41, 5.74) is 3.93. The lowest BCUT2D eigenvalue weighted by atomic mass is 9.97. The van der Waals surface area contributed by atoms with Crippen LogP contribution in [0, 0.1) is 19.8 Å². The van der Waals surface area contributed by atoms with Crippen LogP contribution in [0.2, 0.25) is 0 Å². The topological polar surface area (TPSA) is 46.2 Å². The third-order valence-corrected chi connectivity index (χ3v) is 3.55. The van der Waals surface area contributed by atoms with E-state index in [9.17, 15) is 9.59 Å². The normalized spacial score (nSPS) is 10.6. The number of rotatable bonds is 4. The number of nitrogens with one attached hydrogen (secondary N) is 1. The van der Waals surface area contributed by atoms with Crippen molar-refractivity contribution in [2.24, 2.45) is 5.92 Å². The molecule has 0 aliphatic heterocycles. The lowest BCUT2D eigenvalue weighted by Gasteiger charge is -2.10. The van der Waals surface area contributed by atoms with Gasteiger partial charge in [-0.1, -0.05) is 43.7 Å². The summed E-state index contributed by atoms with van der Waals surface area (Å²) in [6.07, 6.45) is 0. The number of ketones is 1. The van der Waals surface area contributed by atoms with Gasteiger partial charge in [0.1, 0.15) is 0 Å². The summed E-state index contributed by atoms with van der Waals surface area (Å²) in [7, 11) is 0. The molecule has 3 heteroatoms. The molecule has 2 aromatic rings. The first-order valence-electron chi connectivity index (χ1n) is 7.41. The number of aryl methyl sites for hydroxylation is 2. The van der Waals surface area contributed by atoms with Gasteiger partial charge in [0, 0.05) is 22.7 Å². The molecule has 1 amide bonds. The Kier molecular flexibility index (Phi) is 4.76. The first-order valence-corrected chi connectivity index (χ1v) is 7.41. The molecular formula is C19H21NO2. The van der Waals surface area contributed by atoms with E-state index in [0.29, 0.717) is 16.8 Å². The number of hydrogen-bond donors (Lipinski definition) is 1. The molecule has 2 rings (SSSR count). The van der Waals surface area contributed by atoms with Crippen LogP contribution in [0.4, 0.5) is 5.69 Å². The fourth-order valence-electron chi connectivity index (χ4n) is 2.16. The molecule has 22 heavy (non-hydrogen) atoms. The highest BCUT2D eigenvalue weighted by molar-refractivity contribution is 6.10. The monoisotopic (exact) mass is 295 g/mol. The minimum absolute atomic E-state index is 0.0261. The Morgan fingerprint density at radius 1 is 1.00 bits per heavy atom. The Hall–Kier alpha value is -2.42. The van der Waals surface area contributed by atoms with E-state index in [-0.39, 0.29) is 17.6 Å². The van der Waals surface area contributed by atoms with Crippen molar-refractivity contribution >= 4 is 17.4 Å². The number of benzene rings is 2. The van der Waals surface area contributed by atoms with Crippen LogP contribution in [0.15, 0.2) is 42.5 Å². The van der Waals surface area contributed by atoms with Crippen molar-refractivity contribution in [3.8, 4) is 0 Å². The number of hydrogen-bond acceptors (Lipinski definition) is 2. The molecule has 0 atom stereocenters.